The van der Waals surface area contributed by atoms with Gasteiger partial charge in [-0.3, -0.25) is 14.6 Å². The summed E-state index contributed by atoms with van der Waals surface area (Å²) in [6.07, 6.45) is 5.62. The van der Waals surface area contributed by atoms with Crippen LogP contribution in [-0.2, 0) is 22.6 Å². The molecule has 148 valence electrons. The number of likely N-dealkylation sites (tertiary alicyclic amines) is 1. The van der Waals surface area contributed by atoms with Crippen LogP contribution < -0.4 is 4.74 Å². The Hall–Kier alpha value is -2.89. The van der Waals surface area contributed by atoms with Crippen molar-refractivity contribution in [3.63, 3.8) is 0 Å². The van der Waals surface area contributed by atoms with Gasteiger partial charge in [0.1, 0.15) is 12.4 Å². The number of piperidine rings is 1. The molecule has 1 fully saturated rings. The van der Waals surface area contributed by atoms with Gasteiger partial charge in [-0.25, -0.2) is 0 Å². The van der Waals surface area contributed by atoms with Crippen molar-refractivity contribution in [2.24, 2.45) is 0 Å². The second kappa shape index (κ2) is 9.88. The molecule has 1 atom stereocenters. The van der Waals surface area contributed by atoms with E-state index in [0.29, 0.717) is 26.0 Å². The number of amides is 1. The van der Waals surface area contributed by atoms with Crippen LogP contribution >= 0.6 is 0 Å². The second-order valence-corrected chi connectivity index (χ2v) is 7.10. The number of aliphatic carboxylic acids is 1. The number of carboxylic acid groups (broad SMARTS) is 1. The number of hydrogen-bond acceptors (Lipinski definition) is 4. The molecule has 6 heteroatoms. The normalized spacial score (nSPS) is 16.6. The van der Waals surface area contributed by atoms with E-state index in [1.807, 2.05) is 47.4 Å². The summed E-state index contributed by atoms with van der Waals surface area (Å²) < 4.78 is 5.73. The Morgan fingerprint density at radius 3 is 2.68 bits per heavy atom. The minimum atomic E-state index is -0.806. The third-order valence-corrected chi connectivity index (χ3v) is 5.03. The fourth-order valence-corrected chi connectivity index (χ4v) is 3.54. The molecule has 1 unspecified atom stereocenters. The number of ether oxygens (including phenoxy) is 1. The predicted octanol–water partition coefficient (Wildman–Crippen LogP) is 3.45. The van der Waals surface area contributed by atoms with Gasteiger partial charge in [0.15, 0.2) is 0 Å². The van der Waals surface area contributed by atoms with Gasteiger partial charge in [-0.05, 0) is 55.5 Å². The Morgan fingerprint density at radius 1 is 1.14 bits per heavy atom. The number of pyridine rings is 1. The number of carbonyl (C=O) groups excluding carboxylic acids is 1. The summed E-state index contributed by atoms with van der Waals surface area (Å²) in [4.78, 5) is 29.7. The van der Waals surface area contributed by atoms with Crippen LogP contribution in [0, 0.1) is 0 Å². The number of carbonyl (C=O) groups is 2. The molecule has 1 aromatic heterocycles. The van der Waals surface area contributed by atoms with Crippen molar-refractivity contribution in [3.05, 3.63) is 59.9 Å². The number of carboxylic acids is 1. The summed E-state index contributed by atoms with van der Waals surface area (Å²) in [5, 5.41) is 8.93. The van der Waals surface area contributed by atoms with Crippen LogP contribution in [0.3, 0.4) is 0 Å². The highest BCUT2D eigenvalue weighted by molar-refractivity contribution is 5.79. The lowest BCUT2D eigenvalue weighted by atomic mass is 9.97. The lowest BCUT2D eigenvalue weighted by Gasteiger charge is -2.35. The molecule has 28 heavy (non-hydrogen) atoms. The maximum Gasteiger partial charge on any atom is 0.303 e. The standard InChI is InChI=1S/C22H26N2O4/c25-21(24-14-4-2-6-19(24)9-12-22(26)27)15-17-7-10-20(11-8-17)28-16-18-5-1-3-13-23-18/h1,3,5,7-8,10-11,13,19H,2,4,6,9,12,14-16H2,(H,26,27). The summed E-state index contributed by atoms with van der Waals surface area (Å²) in [5.74, 6) is -0.00401. The van der Waals surface area contributed by atoms with Crippen LogP contribution in [0.5, 0.6) is 5.75 Å². The van der Waals surface area contributed by atoms with Crippen molar-refractivity contribution >= 4 is 11.9 Å². The van der Waals surface area contributed by atoms with Gasteiger partial charge in [0.05, 0.1) is 12.1 Å². The van der Waals surface area contributed by atoms with E-state index in [2.05, 4.69) is 4.98 Å². The van der Waals surface area contributed by atoms with E-state index in [1.165, 1.54) is 0 Å². The van der Waals surface area contributed by atoms with Gasteiger partial charge in [0.2, 0.25) is 5.91 Å². The first-order valence-corrected chi connectivity index (χ1v) is 9.75. The highest BCUT2D eigenvalue weighted by Gasteiger charge is 2.26. The van der Waals surface area contributed by atoms with Crippen LogP contribution in [0.1, 0.15) is 43.4 Å². The van der Waals surface area contributed by atoms with Gasteiger partial charge in [-0.15, -0.1) is 0 Å². The average Bonchev–Trinajstić information content (AvgIpc) is 2.72. The molecule has 0 aliphatic carbocycles. The van der Waals surface area contributed by atoms with Gasteiger partial charge < -0.3 is 14.7 Å². The predicted molar refractivity (Wildman–Crippen MR) is 105 cm³/mol. The molecule has 0 saturated carbocycles. The monoisotopic (exact) mass is 382 g/mol. The van der Waals surface area contributed by atoms with Crippen LogP contribution in [0.2, 0.25) is 0 Å². The highest BCUT2D eigenvalue weighted by atomic mass is 16.5. The Balaban J connectivity index is 1.53. The van der Waals surface area contributed by atoms with E-state index in [-0.39, 0.29) is 18.4 Å². The molecule has 1 aliphatic heterocycles. The fourth-order valence-electron chi connectivity index (χ4n) is 3.54. The smallest absolute Gasteiger partial charge is 0.303 e. The van der Waals surface area contributed by atoms with Gasteiger partial charge in [-0.1, -0.05) is 18.2 Å². The molecular weight excluding hydrogens is 356 g/mol. The number of hydrogen-bond donors (Lipinski definition) is 1. The minimum absolute atomic E-state index is 0.0401. The van der Waals surface area contributed by atoms with E-state index in [1.54, 1.807) is 6.20 Å². The summed E-state index contributed by atoms with van der Waals surface area (Å²) >= 11 is 0. The molecule has 1 N–H and O–H groups in total. The molecule has 0 radical (unpaired) electrons. The van der Waals surface area contributed by atoms with Crippen molar-refractivity contribution < 1.29 is 19.4 Å². The Bertz CT molecular complexity index is 777. The van der Waals surface area contributed by atoms with Gasteiger partial charge in [0, 0.05) is 25.2 Å². The summed E-state index contributed by atoms with van der Waals surface area (Å²) in [6.45, 7) is 1.12. The fraction of sp³-hybridized carbons (Fsp3) is 0.409. The molecule has 6 nitrogen and oxygen atoms in total. The van der Waals surface area contributed by atoms with Crippen molar-refractivity contribution in [3.8, 4) is 5.75 Å². The molecule has 0 bridgehead atoms. The minimum Gasteiger partial charge on any atom is -0.487 e. The number of benzene rings is 1. The SMILES string of the molecule is O=C(O)CCC1CCCCN1C(=O)Cc1ccc(OCc2ccccn2)cc1. The van der Waals surface area contributed by atoms with E-state index in [0.717, 1.165) is 36.3 Å². The van der Waals surface area contributed by atoms with Crippen LogP contribution in [0.4, 0.5) is 0 Å². The first-order chi connectivity index (χ1) is 13.6. The second-order valence-electron chi connectivity index (χ2n) is 7.10. The zero-order valence-corrected chi connectivity index (χ0v) is 15.9. The van der Waals surface area contributed by atoms with Crippen LogP contribution in [0.25, 0.3) is 0 Å². The molecule has 2 aromatic rings. The molecule has 1 saturated heterocycles. The van der Waals surface area contributed by atoms with Gasteiger partial charge in [-0.2, -0.15) is 0 Å². The molecule has 1 amide bonds. The maximum absolute atomic E-state index is 12.8. The number of aromatic nitrogens is 1. The van der Waals surface area contributed by atoms with E-state index < -0.39 is 5.97 Å². The average molecular weight is 382 g/mol. The van der Waals surface area contributed by atoms with Crippen molar-refractivity contribution in [2.75, 3.05) is 6.54 Å². The first kappa shape index (κ1) is 19.9. The maximum atomic E-state index is 12.8. The molecule has 1 aliphatic rings. The van der Waals surface area contributed by atoms with Crippen LogP contribution in [0.15, 0.2) is 48.7 Å². The van der Waals surface area contributed by atoms with E-state index in [4.69, 9.17) is 9.84 Å². The Kier molecular flexibility index (Phi) is 7.00. The number of rotatable bonds is 8. The lowest BCUT2D eigenvalue weighted by molar-refractivity contribution is -0.139. The first-order valence-electron chi connectivity index (χ1n) is 9.75. The zero-order chi connectivity index (χ0) is 19.8. The molecular formula is C22H26N2O4. The molecule has 0 spiro atoms. The lowest BCUT2D eigenvalue weighted by Crippen LogP contribution is -2.44. The van der Waals surface area contributed by atoms with Crippen molar-refractivity contribution in [1.29, 1.82) is 0 Å². The van der Waals surface area contributed by atoms with E-state index >= 15 is 0 Å². The van der Waals surface area contributed by atoms with Crippen molar-refractivity contribution in [1.82, 2.24) is 9.88 Å². The summed E-state index contributed by atoms with van der Waals surface area (Å²) in [7, 11) is 0. The molecule has 1 aromatic carbocycles. The largest absolute Gasteiger partial charge is 0.487 e. The number of nitrogens with zero attached hydrogens (tertiary/aromatic N) is 2. The quantitative estimate of drug-likeness (QED) is 0.756. The third kappa shape index (κ3) is 5.81. The third-order valence-electron chi connectivity index (χ3n) is 5.03. The molecule has 2 heterocycles. The van der Waals surface area contributed by atoms with Gasteiger partial charge in [0.25, 0.3) is 0 Å². The highest BCUT2D eigenvalue weighted by Crippen LogP contribution is 2.22. The van der Waals surface area contributed by atoms with E-state index in [9.17, 15) is 9.59 Å². The molecule has 3 rings (SSSR count). The van der Waals surface area contributed by atoms with Crippen molar-refractivity contribution in [2.45, 2.75) is 51.2 Å². The Morgan fingerprint density at radius 2 is 1.96 bits per heavy atom. The Labute approximate surface area is 165 Å². The van der Waals surface area contributed by atoms with Crippen LogP contribution in [-0.4, -0.2) is 39.5 Å². The summed E-state index contributed by atoms with van der Waals surface area (Å²) in [6, 6.07) is 13.3. The van der Waals surface area contributed by atoms with Gasteiger partial charge >= 0.3 is 5.97 Å². The topological polar surface area (TPSA) is 79.7 Å². The summed E-state index contributed by atoms with van der Waals surface area (Å²) in [5.41, 5.74) is 1.79. The zero-order valence-electron chi connectivity index (χ0n) is 15.9.